The van der Waals surface area contributed by atoms with E-state index in [1.165, 1.54) is 11.3 Å². The van der Waals surface area contributed by atoms with Gasteiger partial charge in [-0.15, -0.1) is 22.9 Å². The second-order valence-electron chi connectivity index (χ2n) is 3.85. The Hall–Kier alpha value is -0.260. The zero-order chi connectivity index (χ0) is 12.8. The lowest BCUT2D eigenvalue weighted by atomic mass is 10.3. The lowest BCUT2D eigenvalue weighted by Gasteiger charge is -2.23. The summed E-state index contributed by atoms with van der Waals surface area (Å²) in [6.07, 6.45) is 2.42. The first-order valence-corrected chi connectivity index (χ1v) is 8.13. The van der Waals surface area contributed by atoms with Crippen LogP contribution in [0.25, 0.3) is 0 Å². The second kappa shape index (κ2) is 7.24. The lowest BCUT2D eigenvalue weighted by Crippen LogP contribution is -2.37. The normalized spacial score (nSPS) is 12.5. The molecule has 96 valence electrons. The summed E-state index contributed by atoms with van der Waals surface area (Å²) in [7, 11) is 1.85. The standard InChI is InChI=1S/C11H17ClN2OS2/c1-8(6-16-3)14(2)11(15)4-10-13-9(5-12)7-17-10/h7-8H,4-6H2,1-3H3. The summed E-state index contributed by atoms with van der Waals surface area (Å²) in [4.78, 5) is 18.1. The fraction of sp³-hybridized carbons (Fsp3) is 0.636. The highest BCUT2D eigenvalue weighted by atomic mass is 35.5. The third-order valence-electron chi connectivity index (χ3n) is 2.50. The Morgan fingerprint density at radius 1 is 1.71 bits per heavy atom. The molecule has 0 bridgehead atoms. The summed E-state index contributed by atoms with van der Waals surface area (Å²) in [5.41, 5.74) is 0.847. The molecule has 6 heteroatoms. The van der Waals surface area contributed by atoms with E-state index in [2.05, 4.69) is 11.9 Å². The maximum atomic E-state index is 12.0. The molecule has 0 radical (unpaired) electrons. The van der Waals surface area contributed by atoms with Gasteiger partial charge in [-0.05, 0) is 13.2 Å². The fourth-order valence-electron chi connectivity index (χ4n) is 1.34. The molecule has 1 amide bonds. The van der Waals surface area contributed by atoms with Crippen LogP contribution in [0.5, 0.6) is 0 Å². The number of halogens is 1. The Balaban J connectivity index is 2.53. The van der Waals surface area contributed by atoms with Gasteiger partial charge < -0.3 is 4.90 Å². The molecule has 1 aromatic rings. The van der Waals surface area contributed by atoms with Crippen LogP contribution in [-0.2, 0) is 17.1 Å². The maximum absolute atomic E-state index is 12.0. The summed E-state index contributed by atoms with van der Waals surface area (Å²) in [5.74, 6) is 1.47. The van der Waals surface area contributed by atoms with E-state index in [0.717, 1.165) is 16.5 Å². The van der Waals surface area contributed by atoms with E-state index >= 15 is 0 Å². The number of hydrogen-bond acceptors (Lipinski definition) is 4. The highest BCUT2D eigenvalue weighted by Gasteiger charge is 2.16. The predicted octanol–water partition coefficient (Wildman–Crippen LogP) is 2.63. The van der Waals surface area contributed by atoms with Crippen molar-refractivity contribution in [1.82, 2.24) is 9.88 Å². The van der Waals surface area contributed by atoms with E-state index in [-0.39, 0.29) is 11.9 Å². The topological polar surface area (TPSA) is 33.2 Å². The molecule has 0 aromatic carbocycles. The number of carbonyl (C=O) groups is 1. The van der Waals surface area contributed by atoms with E-state index in [1.54, 1.807) is 16.7 Å². The van der Waals surface area contributed by atoms with E-state index in [4.69, 9.17) is 11.6 Å². The van der Waals surface area contributed by atoms with Crippen LogP contribution in [0.15, 0.2) is 5.38 Å². The van der Waals surface area contributed by atoms with Gasteiger partial charge in [0.2, 0.25) is 5.91 Å². The third kappa shape index (κ3) is 4.48. The number of amides is 1. The van der Waals surface area contributed by atoms with Crippen LogP contribution in [0.1, 0.15) is 17.6 Å². The molecule has 0 saturated heterocycles. The van der Waals surface area contributed by atoms with Crippen molar-refractivity contribution in [3.63, 3.8) is 0 Å². The van der Waals surface area contributed by atoms with E-state index in [1.807, 2.05) is 18.7 Å². The quantitative estimate of drug-likeness (QED) is 0.756. The van der Waals surface area contributed by atoms with Gasteiger partial charge in [0, 0.05) is 24.2 Å². The molecular weight excluding hydrogens is 276 g/mol. The first kappa shape index (κ1) is 14.8. The van der Waals surface area contributed by atoms with Crippen LogP contribution >= 0.6 is 34.7 Å². The Labute approximate surface area is 116 Å². The highest BCUT2D eigenvalue weighted by Crippen LogP contribution is 2.14. The van der Waals surface area contributed by atoms with E-state index < -0.39 is 0 Å². The van der Waals surface area contributed by atoms with Crippen molar-refractivity contribution in [2.24, 2.45) is 0 Å². The van der Waals surface area contributed by atoms with Crippen molar-refractivity contribution in [3.05, 3.63) is 16.1 Å². The second-order valence-corrected chi connectivity index (χ2v) is 5.97. The molecule has 0 aliphatic heterocycles. The van der Waals surface area contributed by atoms with E-state index in [9.17, 15) is 4.79 Å². The lowest BCUT2D eigenvalue weighted by molar-refractivity contribution is -0.130. The summed E-state index contributed by atoms with van der Waals surface area (Å²) >= 11 is 8.92. The average Bonchev–Trinajstić information content (AvgIpc) is 2.76. The minimum Gasteiger partial charge on any atom is -0.342 e. The molecule has 1 aromatic heterocycles. The number of hydrogen-bond donors (Lipinski definition) is 0. The van der Waals surface area contributed by atoms with Crippen LogP contribution in [0.4, 0.5) is 0 Å². The van der Waals surface area contributed by atoms with Crippen LogP contribution < -0.4 is 0 Å². The SMILES string of the molecule is CSCC(C)N(C)C(=O)Cc1nc(CCl)cs1. The van der Waals surface area contributed by atoms with Crippen molar-refractivity contribution in [3.8, 4) is 0 Å². The Morgan fingerprint density at radius 2 is 2.41 bits per heavy atom. The Morgan fingerprint density at radius 3 is 2.94 bits per heavy atom. The minimum absolute atomic E-state index is 0.113. The molecule has 1 atom stereocenters. The number of likely N-dealkylation sites (N-methyl/N-ethyl adjacent to an activating group) is 1. The molecule has 0 saturated carbocycles. The van der Waals surface area contributed by atoms with Gasteiger partial charge in [0.15, 0.2) is 0 Å². The third-order valence-corrected chi connectivity index (χ3v) is 4.49. The molecule has 1 rings (SSSR count). The number of thiazole rings is 1. The number of nitrogens with zero attached hydrogens (tertiary/aromatic N) is 2. The van der Waals surface area contributed by atoms with Gasteiger partial charge in [0.1, 0.15) is 5.01 Å². The minimum atomic E-state index is 0.113. The number of carbonyl (C=O) groups excluding carboxylic acids is 1. The largest absolute Gasteiger partial charge is 0.342 e. The van der Waals surface area contributed by atoms with Crippen LogP contribution in [0.2, 0.25) is 0 Å². The van der Waals surface area contributed by atoms with Gasteiger partial charge in [0.05, 0.1) is 18.0 Å². The van der Waals surface area contributed by atoms with E-state index in [0.29, 0.717) is 12.3 Å². The summed E-state index contributed by atoms with van der Waals surface area (Å²) in [6.45, 7) is 2.06. The zero-order valence-electron chi connectivity index (χ0n) is 10.3. The van der Waals surface area contributed by atoms with Crippen molar-refractivity contribution in [2.45, 2.75) is 25.3 Å². The molecule has 1 unspecified atom stereocenters. The summed E-state index contributed by atoms with van der Waals surface area (Å²) in [6, 6.07) is 0.255. The molecule has 0 fully saturated rings. The van der Waals surface area contributed by atoms with Crippen molar-refractivity contribution < 1.29 is 4.79 Å². The average molecular weight is 293 g/mol. The number of thioether (sulfide) groups is 1. The van der Waals surface area contributed by atoms with Gasteiger partial charge in [-0.25, -0.2) is 4.98 Å². The zero-order valence-corrected chi connectivity index (χ0v) is 12.7. The van der Waals surface area contributed by atoms with Crippen LogP contribution in [-0.4, -0.2) is 40.9 Å². The number of rotatable bonds is 6. The predicted molar refractivity (Wildman–Crippen MR) is 76.0 cm³/mol. The molecule has 0 spiro atoms. The molecular formula is C11H17ClN2OS2. The van der Waals surface area contributed by atoms with Crippen molar-refractivity contribution in [2.75, 3.05) is 19.1 Å². The summed E-state index contributed by atoms with van der Waals surface area (Å²) in [5, 5.41) is 2.75. The number of aromatic nitrogens is 1. The van der Waals surface area contributed by atoms with Gasteiger partial charge >= 0.3 is 0 Å². The van der Waals surface area contributed by atoms with Crippen LogP contribution in [0.3, 0.4) is 0 Å². The van der Waals surface area contributed by atoms with Gasteiger partial charge in [-0.2, -0.15) is 11.8 Å². The smallest absolute Gasteiger partial charge is 0.229 e. The molecule has 3 nitrogen and oxygen atoms in total. The van der Waals surface area contributed by atoms with Gasteiger partial charge in [-0.1, -0.05) is 0 Å². The molecule has 0 aliphatic carbocycles. The Bertz CT molecular complexity index is 370. The first-order chi connectivity index (χ1) is 8.08. The van der Waals surface area contributed by atoms with Crippen molar-refractivity contribution >= 4 is 40.6 Å². The van der Waals surface area contributed by atoms with Crippen molar-refractivity contribution in [1.29, 1.82) is 0 Å². The fourth-order valence-corrected chi connectivity index (χ4v) is 3.06. The molecule has 0 N–H and O–H groups in total. The molecule has 1 heterocycles. The number of alkyl halides is 1. The van der Waals surface area contributed by atoms with Gasteiger partial charge in [0.25, 0.3) is 0 Å². The Kier molecular flexibility index (Phi) is 6.30. The van der Waals surface area contributed by atoms with Crippen LogP contribution in [0, 0.1) is 0 Å². The monoisotopic (exact) mass is 292 g/mol. The first-order valence-electron chi connectivity index (χ1n) is 5.32. The highest BCUT2D eigenvalue weighted by molar-refractivity contribution is 7.98. The molecule has 17 heavy (non-hydrogen) atoms. The molecule has 0 aliphatic rings. The van der Waals surface area contributed by atoms with Gasteiger partial charge in [-0.3, -0.25) is 4.79 Å². The summed E-state index contributed by atoms with van der Waals surface area (Å²) < 4.78 is 0. The maximum Gasteiger partial charge on any atom is 0.229 e.